The van der Waals surface area contributed by atoms with E-state index in [4.69, 9.17) is 11.6 Å². The fourth-order valence-electron chi connectivity index (χ4n) is 1.30. The van der Waals surface area contributed by atoms with Crippen molar-refractivity contribution >= 4 is 17.5 Å². The van der Waals surface area contributed by atoms with Gasteiger partial charge in [-0.25, -0.2) is 8.78 Å². The summed E-state index contributed by atoms with van der Waals surface area (Å²) in [6.45, 7) is -0.0705. The summed E-state index contributed by atoms with van der Waals surface area (Å²) in [5, 5.41) is 0. The van der Waals surface area contributed by atoms with Crippen LogP contribution < -0.4 is 0 Å². The molecule has 2 nitrogen and oxygen atoms in total. The molecule has 1 unspecified atom stereocenters. The summed E-state index contributed by atoms with van der Waals surface area (Å²) >= 11 is 5.51. The Kier molecular flexibility index (Phi) is 3.26. The van der Waals surface area contributed by atoms with Crippen molar-refractivity contribution in [1.29, 1.82) is 0 Å². The fraction of sp³-hybridized carbons (Fsp3) is 0.857. The van der Waals surface area contributed by atoms with E-state index in [-0.39, 0.29) is 11.8 Å². The average molecular weight is 198 g/mol. The molecule has 1 aliphatic heterocycles. The number of carbonyl (C=O) groups excluding carboxylic acids is 1. The molecule has 0 radical (unpaired) electrons. The second-order valence-electron chi connectivity index (χ2n) is 2.91. The molecule has 0 aromatic rings. The van der Waals surface area contributed by atoms with Gasteiger partial charge in [-0.3, -0.25) is 4.79 Å². The first kappa shape index (κ1) is 9.71. The number of rotatable bonds is 3. The summed E-state index contributed by atoms with van der Waals surface area (Å²) in [4.78, 5) is 12.2. The van der Waals surface area contributed by atoms with E-state index >= 15 is 0 Å². The highest BCUT2D eigenvalue weighted by molar-refractivity contribution is 6.18. The molecule has 0 aliphatic carbocycles. The highest BCUT2D eigenvalue weighted by Gasteiger charge is 2.30. The predicted octanol–water partition coefficient (Wildman–Crippen LogP) is 1.34. The fourth-order valence-corrected chi connectivity index (χ4v) is 1.51. The van der Waals surface area contributed by atoms with E-state index < -0.39 is 13.0 Å². The summed E-state index contributed by atoms with van der Waals surface area (Å²) in [6, 6.07) is 0. The second kappa shape index (κ2) is 4.03. The third-order valence-electron chi connectivity index (χ3n) is 1.87. The van der Waals surface area contributed by atoms with Crippen LogP contribution in [0.4, 0.5) is 8.78 Å². The van der Waals surface area contributed by atoms with Gasteiger partial charge in [0, 0.05) is 18.8 Å². The molecule has 0 spiro atoms. The monoisotopic (exact) mass is 197 g/mol. The Morgan fingerprint density at radius 3 is 2.75 bits per heavy atom. The van der Waals surface area contributed by atoms with E-state index in [1.54, 1.807) is 0 Å². The topological polar surface area (TPSA) is 20.3 Å². The number of likely N-dealkylation sites (tertiary alicyclic amines) is 1. The molecule has 0 saturated carbocycles. The number of halogens is 3. The molecule has 1 aliphatic rings. The molecule has 1 saturated heterocycles. The molecule has 1 rings (SSSR count). The van der Waals surface area contributed by atoms with Crippen LogP contribution in [-0.4, -0.2) is 36.2 Å². The lowest BCUT2D eigenvalue weighted by Gasteiger charge is -2.14. The van der Waals surface area contributed by atoms with Crippen molar-refractivity contribution in [1.82, 2.24) is 4.90 Å². The minimum atomic E-state index is -2.44. The van der Waals surface area contributed by atoms with E-state index in [9.17, 15) is 13.6 Å². The third kappa shape index (κ3) is 2.30. The van der Waals surface area contributed by atoms with Crippen LogP contribution in [0.1, 0.15) is 6.42 Å². The molecule has 0 N–H and O–H groups in total. The minimum Gasteiger partial charge on any atom is -0.337 e. The Morgan fingerprint density at radius 1 is 1.67 bits per heavy atom. The Bertz CT molecular complexity index is 177. The van der Waals surface area contributed by atoms with E-state index in [0.717, 1.165) is 0 Å². The molecule has 0 bridgehead atoms. The Balaban J connectivity index is 2.41. The smallest absolute Gasteiger partial charge is 0.255 e. The van der Waals surface area contributed by atoms with Crippen molar-refractivity contribution in [2.75, 3.05) is 19.0 Å². The third-order valence-corrected chi connectivity index (χ3v) is 2.31. The molecule has 5 heteroatoms. The average Bonchev–Trinajstić information content (AvgIpc) is 2.31. The van der Waals surface area contributed by atoms with Crippen LogP contribution in [0, 0.1) is 5.92 Å². The van der Waals surface area contributed by atoms with Gasteiger partial charge in [0.2, 0.25) is 5.91 Å². The molecule has 0 aromatic carbocycles. The van der Waals surface area contributed by atoms with Crippen molar-refractivity contribution < 1.29 is 13.6 Å². The van der Waals surface area contributed by atoms with Gasteiger partial charge in [0.05, 0.1) is 6.54 Å². The Labute approximate surface area is 74.5 Å². The summed E-state index contributed by atoms with van der Waals surface area (Å²) in [6.07, 6.45) is -2.13. The van der Waals surface area contributed by atoms with Crippen LogP contribution in [0.5, 0.6) is 0 Å². The zero-order chi connectivity index (χ0) is 9.14. The highest BCUT2D eigenvalue weighted by atomic mass is 35.5. The van der Waals surface area contributed by atoms with Crippen molar-refractivity contribution in [3.05, 3.63) is 0 Å². The van der Waals surface area contributed by atoms with Gasteiger partial charge in [-0.1, -0.05) is 0 Å². The largest absolute Gasteiger partial charge is 0.337 e. The summed E-state index contributed by atoms with van der Waals surface area (Å²) in [5.74, 6) is 0.213. The Hall–Kier alpha value is -0.380. The first-order chi connectivity index (χ1) is 5.63. The quantitative estimate of drug-likeness (QED) is 0.626. The van der Waals surface area contributed by atoms with Crippen molar-refractivity contribution in [2.24, 2.45) is 5.92 Å². The summed E-state index contributed by atoms with van der Waals surface area (Å²) in [7, 11) is 0. The number of alkyl halides is 3. The molecule has 1 fully saturated rings. The van der Waals surface area contributed by atoms with Gasteiger partial charge in [-0.2, -0.15) is 0 Å². The zero-order valence-electron chi connectivity index (χ0n) is 6.47. The maximum atomic E-state index is 11.9. The Morgan fingerprint density at radius 2 is 2.33 bits per heavy atom. The van der Waals surface area contributed by atoms with Gasteiger partial charge in [-0.05, 0) is 5.92 Å². The van der Waals surface area contributed by atoms with Gasteiger partial charge < -0.3 is 4.90 Å². The maximum Gasteiger partial charge on any atom is 0.255 e. The van der Waals surface area contributed by atoms with Gasteiger partial charge >= 0.3 is 0 Å². The zero-order valence-corrected chi connectivity index (χ0v) is 7.23. The van der Waals surface area contributed by atoms with Crippen LogP contribution in [-0.2, 0) is 4.79 Å². The first-order valence-electron chi connectivity index (χ1n) is 3.75. The molecule has 70 valence electrons. The van der Waals surface area contributed by atoms with E-state index in [1.807, 2.05) is 0 Å². The lowest BCUT2D eigenvalue weighted by Crippen LogP contribution is -2.30. The SMILES string of the molecule is O=C1CC(CCl)CN1CC(F)F. The molecule has 1 amide bonds. The van der Waals surface area contributed by atoms with Gasteiger partial charge in [0.1, 0.15) is 0 Å². The van der Waals surface area contributed by atoms with Crippen LogP contribution >= 0.6 is 11.6 Å². The van der Waals surface area contributed by atoms with Crippen LogP contribution in [0.15, 0.2) is 0 Å². The molecule has 1 atom stereocenters. The molecular weight excluding hydrogens is 188 g/mol. The number of hydrogen-bond donors (Lipinski definition) is 0. The number of hydrogen-bond acceptors (Lipinski definition) is 1. The first-order valence-corrected chi connectivity index (χ1v) is 4.28. The highest BCUT2D eigenvalue weighted by Crippen LogP contribution is 2.19. The van der Waals surface area contributed by atoms with Crippen LogP contribution in [0.3, 0.4) is 0 Å². The van der Waals surface area contributed by atoms with E-state index in [1.165, 1.54) is 4.90 Å². The standard InChI is InChI=1S/C7H10ClF2NO/c8-2-5-1-7(12)11(3-5)4-6(9)10/h5-6H,1-4H2. The summed E-state index contributed by atoms with van der Waals surface area (Å²) in [5.41, 5.74) is 0. The van der Waals surface area contributed by atoms with Crippen molar-refractivity contribution in [3.63, 3.8) is 0 Å². The molecule has 12 heavy (non-hydrogen) atoms. The number of carbonyl (C=O) groups is 1. The molecular formula is C7H10ClF2NO. The van der Waals surface area contributed by atoms with Gasteiger partial charge in [-0.15, -0.1) is 11.6 Å². The minimum absolute atomic E-state index is 0.0536. The lowest BCUT2D eigenvalue weighted by molar-refractivity contribution is -0.129. The van der Waals surface area contributed by atoms with E-state index in [0.29, 0.717) is 18.8 Å². The van der Waals surface area contributed by atoms with Crippen molar-refractivity contribution in [3.8, 4) is 0 Å². The maximum absolute atomic E-state index is 11.9. The number of nitrogens with zero attached hydrogens (tertiary/aromatic N) is 1. The van der Waals surface area contributed by atoms with Gasteiger partial charge in [0.25, 0.3) is 6.43 Å². The van der Waals surface area contributed by atoms with Crippen LogP contribution in [0.25, 0.3) is 0 Å². The predicted molar refractivity (Wildman–Crippen MR) is 41.4 cm³/mol. The number of amides is 1. The van der Waals surface area contributed by atoms with Crippen molar-refractivity contribution in [2.45, 2.75) is 12.8 Å². The molecule has 1 heterocycles. The molecule has 0 aromatic heterocycles. The van der Waals surface area contributed by atoms with Crippen LogP contribution in [0.2, 0.25) is 0 Å². The normalized spacial score (nSPS) is 24.2. The second-order valence-corrected chi connectivity index (χ2v) is 3.22. The van der Waals surface area contributed by atoms with E-state index in [2.05, 4.69) is 0 Å². The van der Waals surface area contributed by atoms with Gasteiger partial charge in [0.15, 0.2) is 0 Å². The summed E-state index contributed by atoms with van der Waals surface area (Å²) < 4.78 is 23.7. The lowest BCUT2D eigenvalue weighted by atomic mass is 10.2.